The molecule has 1 atom stereocenters. The summed E-state index contributed by atoms with van der Waals surface area (Å²) in [5.74, 6) is 5.07. The summed E-state index contributed by atoms with van der Waals surface area (Å²) in [6.45, 7) is 2.74. The molecule has 0 radical (unpaired) electrons. The van der Waals surface area contributed by atoms with Crippen LogP contribution in [0.1, 0.15) is 13.3 Å². The molecule has 0 spiro atoms. The molecular formula is C8H17N3O3S. The second-order valence-corrected chi connectivity index (χ2v) is 6.03. The minimum absolute atomic E-state index is 0.120. The largest absolute Gasteiger partial charge is 0.293 e. The first kappa shape index (κ1) is 12.4. The summed E-state index contributed by atoms with van der Waals surface area (Å²) in [5.41, 5.74) is 2.07. The lowest BCUT2D eigenvalue weighted by Crippen LogP contribution is -2.48. The summed E-state index contributed by atoms with van der Waals surface area (Å²) >= 11 is 0. The summed E-state index contributed by atoms with van der Waals surface area (Å²) in [4.78, 5) is 13.1. The highest BCUT2D eigenvalue weighted by molar-refractivity contribution is 7.91. The van der Waals surface area contributed by atoms with Gasteiger partial charge >= 0.3 is 0 Å². The van der Waals surface area contributed by atoms with Gasteiger partial charge in [-0.1, -0.05) is 0 Å². The fourth-order valence-corrected chi connectivity index (χ4v) is 2.92. The minimum atomic E-state index is -2.92. The van der Waals surface area contributed by atoms with E-state index < -0.39 is 9.84 Å². The van der Waals surface area contributed by atoms with Gasteiger partial charge in [0.25, 0.3) is 5.91 Å². The molecule has 0 saturated carbocycles. The van der Waals surface area contributed by atoms with E-state index in [1.54, 1.807) is 6.92 Å². The van der Waals surface area contributed by atoms with Gasteiger partial charge in [0.1, 0.15) is 0 Å². The molecule has 1 rings (SSSR count). The molecule has 3 N–H and O–H groups in total. The second kappa shape index (κ2) is 4.91. The average molecular weight is 235 g/mol. The van der Waals surface area contributed by atoms with E-state index in [1.807, 2.05) is 4.90 Å². The number of nitrogens with one attached hydrogen (secondary N) is 1. The van der Waals surface area contributed by atoms with E-state index in [1.165, 1.54) is 0 Å². The van der Waals surface area contributed by atoms with Crippen LogP contribution >= 0.6 is 0 Å². The third-order valence-corrected chi connectivity index (χ3v) is 4.37. The van der Waals surface area contributed by atoms with Gasteiger partial charge in [-0.05, 0) is 19.9 Å². The molecule has 7 heteroatoms. The van der Waals surface area contributed by atoms with Crippen molar-refractivity contribution in [3.8, 4) is 0 Å². The van der Waals surface area contributed by atoms with Crippen LogP contribution in [0.2, 0.25) is 0 Å². The van der Waals surface area contributed by atoms with Crippen molar-refractivity contribution in [3.63, 3.8) is 0 Å². The second-order valence-electron chi connectivity index (χ2n) is 3.73. The summed E-state index contributed by atoms with van der Waals surface area (Å²) in [7, 11) is -2.92. The van der Waals surface area contributed by atoms with E-state index in [9.17, 15) is 13.2 Å². The molecule has 1 saturated heterocycles. The Labute approximate surface area is 89.7 Å². The number of nitrogens with zero attached hydrogens (tertiary/aromatic N) is 1. The lowest BCUT2D eigenvalue weighted by atomic mass is 10.2. The van der Waals surface area contributed by atoms with E-state index in [4.69, 9.17) is 5.84 Å². The van der Waals surface area contributed by atoms with Gasteiger partial charge in [-0.15, -0.1) is 0 Å². The van der Waals surface area contributed by atoms with Crippen LogP contribution in [-0.4, -0.2) is 49.9 Å². The van der Waals surface area contributed by atoms with Gasteiger partial charge in [0.2, 0.25) is 0 Å². The van der Waals surface area contributed by atoms with Crippen molar-refractivity contribution >= 4 is 15.7 Å². The third kappa shape index (κ3) is 3.44. The first-order valence-corrected chi connectivity index (χ1v) is 6.73. The van der Waals surface area contributed by atoms with Gasteiger partial charge in [-0.2, -0.15) is 0 Å². The molecule has 1 unspecified atom stereocenters. The molecule has 1 aliphatic heterocycles. The fourth-order valence-electron chi connectivity index (χ4n) is 1.63. The summed E-state index contributed by atoms with van der Waals surface area (Å²) in [6, 6.07) is -0.372. The maximum absolute atomic E-state index is 11.3. The van der Waals surface area contributed by atoms with Crippen LogP contribution in [-0.2, 0) is 14.6 Å². The zero-order valence-electron chi connectivity index (χ0n) is 8.77. The molecule has 15 heavy (non-hydrogen) atoms. The van der Waals surface area contributed by atoms with Crippen molar-refractivity contribution in [3.05, 3.63) is 0 Å². The standard InChI is InChI=1S/C8H17N3O3S/c1-7(8(12)10-9)11-3-2-5-15(13,14)6-4-11/h7H,2-6,9H2,1H3,(H,10,12). The number of hydrogen-bond donors (Lipinski definition) is 2. The van der Waals surface area contributed by atoms with Crippen LogP contribution in [0, 0.1) is 0 Å². The summed E-state index contributed by atoms with van der Waals surface area (Å²) in [5, 5.41) is 0. The van der Waals surface area contributed by atoms with Crippen molar-refractivity contribution in [2.24, 2.45) is 5.84 Å². The van der Waals surface area contributed by atoms with E-state index in [2.05, 4.69) is 5.43 Å². The zero-order chi connectivity index (χ0) is 11.5. The highest BCUT2D eigenvalue weighted by Gasteiger charge is 2.25. The highest BCUT2D eigenvalue weighted by atomic mass is 32.2. The third-order valence-electron chi connectivity index (χ3n) is 2.66. The van der Waals surface area contributed by atoms with Crippen molar-refractivity contribution in [1.29, 1.82) is 0 Å². The molecule has 1 aliphatic rings. The minimum Gasteiger partial charge on any atom is -0.293 e. The van der Waals surface area contributed by atoms with E-state index >= 15 is 0 Å². The highest BCUT2D eigenvalue weighted by Crippen LogP contribution is 2.08. The zero-order valence-corrected chi connectivity index (χ0v) is 9.59. The Balaban J connectivity index is 2.61. The Kier molecular flexibility index (Phi) is 4.06. The lowest BCUT2D eigenvalue weighted by Gasteiger charge is -2.25. The molecule has 1 fully saturated rings. The van der Waals surface area contributed by atoms with Crippen LogP contribution in [0.5, 0.6) is 0 Å². The Bertz CT molecular complexity index is 328. The number of carbonyl (C=O) groups excluding carboxylic acids is 1. The van der Waals surface area contributed by atoms with E-state index in [0.717, 1.165) is 0 Å². The fraction of sp³-hybridized carbons (Fsp3) is 0.875. The molecule has 6 nitrogen and oxygen atoms in total. The Morgan fingerprint density at radius 1 is 1.40 bits per heavy atom. The van der Waals surface area contributed by atoms with Gasteiger partial charge < -0.3 is 0 Å². The van der Waals surface area contributed by atoms with Gasteiger partial charge in [-0.25, -0.2) is 14.3 Å². The van der Waals surface area contributed by atoms with Crippen molar-refractivity contribution < 1.29 is 13.2 Å². The number of sulfone groups is 1. The number of amides is 1. The number of hydrazine groups is 1. The topological polar surface area (TPSA) is 92.5 Å². The first-order valence-electron chi connectivity index (χ1n) is 4.91. The van der Waals surface area contributed by atoms with Crippen molar-refractivity contribution in [1.82, 2.24) is 10.3 Å². The van der Waals surface area contributed by atoms with Gasteiger partial charge in [0.05, 0.1) is 17.5 Å². The van der Waals surface area contributed by atoms with Crippen LogP contribution in [0.15, 0.2) is 0 Å². The molecule has 0 aromatic carbocycles. The molecule has 0 aliphatic carbocycles. The molecule has 88 valence electrons. The quantitative estimate of drug-likeness (QED) is 0.345. The SMILES string of the molecule is CC(C(=O)NN)N1CCCS(=O)(=O)CC1. The predicted molar refractivity (Wildman–Crippen MR) is 56.6 cm³/mol. The molecule has 0 aromatic rings. The van der Waals surface area contributed by atoms with Crippen LogP contribution in [0.4, 0.5) is 0 Å². The average Bonchev–Trinajstić information content (AvgIpc) is 2.37. The van der Waals surface area contributed by atoms with Crippen LogP contribution in [0.25, 0.3) is 0 Å². The van der Waals surface area contributed by atoms with E-state index in [-0.39, 0.29) is 23.5 Å². The van der Waals surface area contributed by atoms with Gasteiger partial charge in [-0.3, -0.25) is 15.1 Å². The number of hydrogen-bond acceptors (Lipinski definition) is 5. The monoisotopic (exact) mass is 235 g/mol. The van der Waals surface area contributed by atoms with Crippen molar-refractivity contribution in [2.45, 2.75) is 19.4 Å². The first-order chi connectivity index (χ1) is 6.96. The molecule has 1 heterocycles. The van der Waals surface area contributed by atoms with Gasteiger partial charge in [0.15, 0.2) is 9.84 Å². The van der Waals surface area contributed by atoms with E-state index in [0.29, 0.717) is 19.5 Å². The number of rotatable bonds is 2. The lowest BCUT2D eigenvalue weighted by molar-refractivity contribution is -0.125. The van der Waals surface area contributed by atoms with Crippen LogP contribution in [0.3, 0.4) is 0 Å². The molecule has 0 aromatic heterocycles. The Hall–Kier alpha value is -0.660. The smallest absolute Gasteiger partial charge is 0.250 e. The maximum atomic E-state index is 11.3. The molecule has 1 amide bonds. The normalized spacial score (nSPS) is 24.1. The summed E-state index contributed by atoms with van der Waals surface area (Å²) in [6.07, 6.45) is 0.574. The number of carbonyl (C=O) groups is 1. The Morgan fingerprint density at radius 2 is 2.07 bits per heavy atom. The summed E-state index contributed by atoms with van der Waals surface area (Å²) < 4.78 is 22.7. The van der Waals surface area contributed by atoms with Crippen molar-refractivity contribution in [2.75, 3.05) is 24.6 Å². The predicted octanol–water partition coefficient (Wildman–Crippen LogP) is -1.51. The maximum Gasteiger partial charge on any atom is 0.250 e. The van der Waals surface area contributed by atoms with Gasteiger partial charge in [0, 0.05) is 6.54 Å². The number of nitrogens with two attached hydrogens (primary N) is 1. The molecule has 0 bridgehead atoms. The Morgan fingerprint density at radius 3 is 2.67 bits per heavy atom. The van der Waals surface area contributed by atoms with Crippen LogP contribution < -0.4 is 11.3 Å². The molecular weight excluding hydrogens is 218 g/mol.